The number of amides is 1. The van der Waals surface area contributed by atoms with Crippen LogP contribution in [0, 0.1) is 0 Å². The van der Waals surface area contributed by atoms with Gasteiger partial charge >= 0.3 is 5.97 Å². The number of carbonyl (C=O) groups is 2. The van der Waals surface area contributed by atoms with Gasteiger partial charge in [0.25, 0.3) is 0 Å². The first kappa shape index (κ1) is 15.1. The second-order valence-corrected chi connectivity index (χ2v) is 6.42. The third kappa shape index (κ3) is 3.68. The fourth-order valence-corrected chi connectivity index (χ4v) is 3.55. The molecule has 1 unspecified atom stereocenters. The van der Waals surface area contributed by atoms with E-state index >= 15 is 0 Å². The van der Waals surface area contributed by atoms with Gasteiger partial charge in [0.15, 0.2) is 6.04 Å². The first-order valence-corrected chi connectivity index (χ1v) is 8.43. The van der Waals surface area contributed by atoms with Crippen molar-refractivity contribution in [1.82, 2.24) is 5.32 Å². The molecule has 6 heteroatoms. The lowest BCUT2D eigenvalue weighted by Gasteiger charge is -2.23. The molecule has 0 bridgehead atoms. The number of nitrogens with one attached hydrogen (secondary N) is 1. The molecule has 0 radical (unpaired) electrons. The van der Waals surface area contributed by atoms with Crippen LogP contribution in [-0.2, 0) is 14.3 Å². The van der Waals surface area contributed by atoms with E-state index in [0.717, 1.165) is 23.4 Å². The summed E-state index contributed by atoms with van der Waals surface area (Å²) in [5, 5.41) is 3.72. The van der Waals surface area contributed by atoms with Crippen LogP contribution in [-0.4, -0.2) is 41.4 Å². The molecule has 1 amide bonds. The van der Waals surface area contributed by atoms with Crippen molar-refractivity contribution in [1.29, 1.82) is 0 Å². The third-order valence-corrected chi connectivity index (χ3v) is 4.79. The van der Waals surface area contributed by atoms with Gasteiger partial charge < -0.3 is 10.1 Å². The highest BCUT2D eigenvalue weighted by atomic mass is 32.2. The van der Waals surface area contributed by atoms with E-state index < -0.39 is 6.04 Å². The zero-order valence-electron chi connectivity index (χ0n) is 12.2. The Hall–Kier alpha value is -1.82. The Balaban J connectivity index is 1.53. The SMILES string of the molecule is O=C1CCCC(COC(=O)[C@@H]2CSC(c3ccccc3)=N2)N1. The van der Waals surface area contributed by atoms with Gasteiger partial charge in [0.05, 0.1) is 11.1 Å². The number of esters is 1. The highest BCUT2D eigenvalue weighted by Gasteiger charge is 2.28. The number of hydrogen-bond donors (Lipinski definition) is 1. The number of rotatable bonds is 4. The summed E-state index contributed by atoms with van der Waals surface area (Å²) < 4.78 is 5.32. The lowest BCUT2D eigenvalue weighted by Crippen LogP contribution is -2.42. The average molecular weight is 318 g/mol. The van der Waals surface area contributed by atoms with Crippen molar-refractivity contribution < 1.29 is 14.3 Å². The molecule has 0 spiro atoms. The molecule has 2 aliphatic heterocycles. The second kappa shape index (κ2) is 6.96. The van der Waals surface area contributed by atoms with Crippen LogP contribution >= 0.6 is 11.8 Å². The summed E-state index contributed by atoms with van der Waals surface area (Å²) in [5.74, 6) is 0.339. The Morgan fingerprint density at radius 2 is 2.18 bits per heavy atom. The Morgan fingerprint density at radius 1 is 1.36 bits per heavy atom. The molecule has 1 N–H and O–H groups in total. The molecule has 1 aromatic carbocycles. The predicted octanol–water partition coefficient (Wildman–Crippen LogP) is 1.76. The highest BCUT2D eigenvalue weighted by Crippen LogP contribution is 2.24. The minimum absolute atomic E-state index is 0.0353. The Bertz CT molecular complexity index is 588. The molecule has 1 saturated heterocycles. The minimum atomic E-state index is -0.445. The number of benzene rings is 1. The summed E-state index contributed by atoms with van der Waals surface area (Å²) in [7, 11) is 0. The lowest BCUT2D eigenvalue weighted by atomic mass is 10.1. The van der Waals surface area contributed by atoms with Crippen LogP contribution in [0.25, 0.3) is 0 Å². The van der Waals surface area contributed by atoms with Gasteiger partial charge in [-0.05, 0) is 12.8 Å². The molecule has 2 aliphatic rings. The van der Waals surface area contributed by atoms with E-state index in [2.05, 4.69) is 10.3 Å². The Morgan fingerprint density at radius 3 is 2.95 bits per heavy atom. The Labute approximate surface area is 133 Å². The van der Waals surface area contributed by atoms with Crippen molar-refractivity contribution >= 4 is 28.7 Å². The number of ether oxygens (including phenoxy) is 1. The molecule has 0 saturated carbocycles. The molecule has 2 atom stereocenters. The Kier molecular flexibility index (Phi) is 4.77. The van der Waals surface area contributed by atoms with E-state index in [-0.39, 0.29) is 24.5 Å². The summed E-state index contributed by atoms with van der Waals surface area (Å²) in [4.78, 5) is 27.8. The van der Waals surface area contributed by atoms with Gasteiger partial charge in [0, 0.05) is 17.7 Å². The number of thioether (sulfide) groups is 1. The maximum absolute atomic E-state index is 12.1. The van der Waals surface area contributed by atoms with Crippen LogP contribution < -0.4 is 5.32 Å². The van der Waals surface area contributed by atoms with Gasteiger partial charge in [-0.15, -0.1) is 11.8 Å². The summed E-state index contributed by atoms with van der Waals surface area (Å²) in [6, 6.07) is 9.32. The molecule has 1 fully saturated rings. The van der Waals surface area contributed by atoms with E-state index in [1.165, 1.54) is 0 Å². The zero-order valence-corrected chi connectivity index (χ0v) is 13.0. The first-order valence-electron chi connectivity index (χ1n) is 7.44. The van der Waals surface area contributed by atoms with Crippen LogP contribution in [0.4, 0.5) is 0 Å². The molecule has 0 aliphatic carbocycles. The number of nitrogens with zero attached hydrogens (tertiary/aromatic N) is 1. The van der Waals surface area contributed by atoms with Crippen molar-refractivity contribution in [3.8, 4) is 0 Å². The largest absolute Gasteiger partial charge is 0.462 e. The van der Waals surface area contributed by atoms with Gasteiger partial charge in [0.2, 0.25) is 5.91 Å². The molecule has 116 valence electrons. The number of piperidine rings is 1. The summed E-state index contributed by atoms with van der Waals surface area (Å²) in [5.41, 5.74) is 1.03. The van der Waals surface area contributed by atoms with Crippen molar-refractivity contribution in [3.05, 3.63) is 35.9 Å². The standard InChI is InChI=1S/C16H18N2O3S/c19-14-8-4-7-12(17-14)9-21-16(20)13-10-22-15(18-13)11-5-2-1-3-6-11/h1-3,5-6,12-13H,4,7-10H2,(H,17,19)/t12?,13-/m0/s1. The van der Waals surface area contributed by atoms with Gasteiger partial charge in [-0.1, -0.05) is 30.3 Å². The fourth-order valence-electron chi connectivity index (χ4n) is 2.52. The van der Waals surface area contributed by atoms with Crippen molar-refractivity contribution in [2.24, 2.45) is 4.99 Å². The van der Waals surface area contributed by atoms with Crippen LogP contribution in [0.2, 0.25) is 0 Å². The van der Waals surface area contributed by atoms with Crippen LogP contribution in [0.3, 0.4) is 0 Å². The molecular formula is C16H18N2O3S. The lowest BCUT2D eigenvalue weighted by molar-refractivity contribution is -0.146. The zero-order chi connectivity index (χ0) is 15.4. The van der Waals surface area contributed by atoms with Crippen molar-refractivity contribution in [3.63, 3.8) is 0 Å². The highest BCUT2D eigenvalue weighted by molar-refractivity contribution is 8.14. The normalized spacial score (nSPS) is 24.5. The molecule has 2 heterocycles. The minimum Gasteiger partial charge on any atom is -0.462 e. The summed E-state index contributed by atoms with van der Waals surface area (Å²) in [6.07, 6.45) is 2.27. The van der Waals surface area contributed by atoms with E-state index in [9.17, 15) is 9.59 Å². The maximum Gasteiger partial charge on any atom is 0.331 e. The predicted molar refractivity (Wildman–Crippen MR) is 86.0 cm³/mol. The fraction of sp³-hybridized carbons (Fsp3) is 0.438. The summed E-state index contributed by atoms with van der Waals surface area (Å²) >= 11 is 1.57. The van der Waals surface area contributed by atoms with E-state index in [1.807, 2.05) is 30.3 Å². The van der Waals surface area contributed by atoms with Crippen LogP contribution in [0.15, 0.2) is 35.3 Å². The van der Waals surface area contributed by atoms with Gasteiger partial charge in [-0.2, -0.15) is 0 Å². The molecule has 5 nitrogen and oxygen atoms in total. The number of carbonyl (C=O) groups excluding carboxylic acids is 2. The quantitative estimate of drug-likeness (QED) is 0.859. The van der Waals surface area contributed by atoms with E-state index in [1.54, 1.807) is 11.8 Å². The van der Waals surface area contributed by atoms with Crippen molar-refractivity contribution in [2.45, 2.75) is 31.3 Å². The van der Waals surface area contributed by atoms with E-state index in [0.29, 0.717) is 12.2 Å². The second-order valence-electron chi connectivity index (χ2n) is 5.41. The van der Waals surface area contributed by atoms with Crippen LogP contribution in [0.5, 0.6) is 0 Å². The van der Waals surface area contributed by atoms with Gasteiger partial charge in [-0.3, -0.25) is 9.79 Å². The van der Waals surface area contributed by atoms with Crippen molar-refractivity contribution in [2.75, 3.05) is 12.4 Å². The molecule has 22 heavy (non-hydrogen) atoms. The first-order chi connectivity index (χ1) is 10.7. The van der Waals surface area contributed by atoms with Gasteiger partial charge in [0.1, 0.15) is 6.61 Å². The third-order valence-electron chi connectivity index (χ3n) is 3.69. The smallest absolute Gasteiger partial charge is 0.331 e. The van der Waals surface area contributed by atoms with Crippen LogP contribution in [0.1, 0.15) is 24.8 Å². The molecule has 3 rings (SSSR count). The van der Waals surface area contributed by atoms with Gasteiger partial charge in [-0.25, -0.2) is 4.79 Å². The summed E-state index contributed by atoms with van der Waals surface area (Å²) in [6.45, 7) is 0.238. The maximum atomic E-state index is 12.1. The monoisotopic (exact) mass is 318 g/mol. The molecule has 0 aromatic heterocycles. The molecule has 1 aromatic rings. The topological polar surface area (TPSA) is 67.8 Å². The van der Waals surface area contributed by atoms with E-state index in [4.69, 9.17) is 4.74 Å². The molecular weight excluding hydrogens is 300 g/mol. The number of hydrogen-bond acceptors (Lipinski definition) is 5. The average Bonchev–Trinajstić information content (AvgIpc) is 3.04. The number of aliphatic imine (C=N–C) groups is 1.